The summed E-state index contributed by atoms with van der Waals surface area (Å²) in [5.41, 5.74) is 0.894. The van der Waals surface area contributed by atoms with Crippen LogP contribution in [0.2, 0.25) is 0 Å². The van der Waals surface area contributed by atoms with Crippen molar-refractivity contribution in [2.45, 2.75) is 4.90 Å². The number of carbonyl (C=O) groups excluding carboxylic acids is 1. The summed E-state index contributed by atoms with van der Waals surface area (Å²) in [6.45, 7) is -0.351. The molecule has 8 heteroatoms. The number of carbonyl (C=O) groups is 1. The van der Waals surface area contributed by atoms with Crippen LogP contribution in [0.1, 0.15) is 0 Å². The molecule has 0 aliphatic rings. The zero-order chi connectivity index (χ0) is 21.6. The Labute approximate surface area is 180 Å². The number of hydrogen-bond donors (Lipinski definition) is 1. The second-order valence-electron chi connectivity index (χ2n) is 6.43. The number of hydrogen-bond acceptors (Lipinski definition) is 5. The van der Waals surface area contributed by atoms with Crippen LogP contribution in [0.3, 0.4) is 0 Å². The minimum Gasteiger partial charge on any atom is -0.455 e. The fourth-order valence-electron chi connectivity index (χ4n) is 2.76. The monoisotopic (exact) mass is 442 g/mol. The number of thioether (sulfide) groups is 1. The average Bonchev–Trinajstić information content (AvgIpc) is 2.73. The zero-order valence-corrected chi connectivity index (χ0v) is 18.2. The summed E-state index contributed by atoms with van der Waals surface area (Å²) < 4.78 is 31.6. The third-order valence-electron chi connectivity index (χ3n) is 4.16. The Bertz CT molecular complexity index is 1120. The Morgan fingerprint density at radius 3 is 2.40 bits per heavy atom. The van der Waals surface area contributed by atoms with Gasteiger partial charge in [0.1, 0.15) is 12.3 Å². The molecule has 0 aromatic heterocycles. The molecule has 0 saturated carbocycles. The summed E-state index contributed by atoms with van der Waals surface area (Å²) >= 11 is 1.50. The lowest BCUT2D eigenvalue weighted by Crippen LogP contribution is -2.37. The van der Waals surface area contributed by atoms with Gasteiger partial charge in [-0.15, -0.1) is 11.8 Å². The van der Waals surface area contributed by atoms with Gasteiger partial charge in [-0.25, -0.2) is 8.42 Å². The molecule has 3 aromatic rings. The molecule has 0 spiro atoms. The van der Waals surface area contributed by atoms with Crippen LogP contribution in [0.25, 0.3) is 0 Å². The molecule has 0 aliphatic heterocycles. The van der Waals surface area contributed by atoms with Gasteiger partial charge in [0.25, 0.3) is 0 Å². The predicted octanol–water partition coefficient (Wildman–Crippen LogP) is 4.61. The Balaban J connectivity index is 1.80. The highest BCUT2D eigenvalue weighted by atomic mass is 32.2. The summed E-state index contributed by atoms with van der Waals surface area (Å²) in [6, 6.07) is 23.3. The minimum absolute atomic E-state index is 0.351. The molecule has 0 heterocycles. The summed E-state index contributed by atoms with van der Waals surface area (Å²) in [4.78, 5) is 13.6. The van der Waals surface area contributed by atoms with Gasteiger partial charge in [0, 0.05) is 4.90 Å². The van der Waals surface area contributed by atoms with Crippen LogP contribution in [-0.2, 0) is 14.8 Å². The van der Waals surface area contributed by atoms with Crippen molar-refractivity contribution in [2.24, 2.45) is 0 Å². The smallest absolute Gasteiger partial charge is 0.245 e. The lowest BCUT2D eigenvalue weighted by Gasteiger charge is -2.22. The highest BCUT2D eigenvalue weighted by Gasteiger charge is 2.22. The van der Waals surface area contributed by atoms with Crippen LogP contribution in [-0.4, -0.2) is 33.4 Å². The molecule has 0 radical (unpaired) electrons. The third kappa shape index (κ3) is 5.77. The van der Waals surface area contributed by atoms with Crippen molar-refractivity contribution < 1.29 is 17.9 Å². The van der Waals surface area contributed by atoms with Gasteiger partial charge in [-0.3, -0.25) is 9.10 Å². The molecule has 1 amide bonds. The van der Waals surface area contributed by atoms with Gasteiger partial charge < -0.3 is 10.1 Å². The number of amides is 1. The van der Waals surface area contributed by atoms with Crippen molar-refractivity contribution in [3.63, 3.8) is 0 Å². The number of nitrogens with one attached hydrogen (secondary N) is 1. The van der Waals surface area contributed by atoms with Gasteiger partial charge in [-0.05, 0) is 48.7 Å². The molecule has 0 aliphatic carbocycles. The maximum atomic E-state index is 12.7. The molecule has 3 aromatic carbocycles. The first-order chi connectivity index (χ1) is 14.4. The van der Waals surface area contributed by atoms with E-state index in [-0.39, 0.29) is 6.54 Å². The molecule has 1 N–H and O–H groups in total. The van der Waals surface area contributed by atoms with Crippen LogP contribution in [0, 0.1) is 0 Å². The lowest BCUT2D eigenvalue weighted by atomic mass is 10.2. The first-order valence-corrected chi connectivity index (χ1v) is 12.2. The van der Waals surface area contributed by atoms with E-state index in [1.54, 1.807) is 42.5 Å². The van der Waals surface area contributed by atoms with E-state index in [0.29, 0.717) is 22.9 Å². The van der Waals surface area contributed by atoms with Crippen LogP contribution in [0.15, 0.2) is 83.8 Å². The van der Waals surface area contributed by atoms with Crippen molar-refractivity contribution in [2.75, 3.05) is 28.7 Å². The van der Waals surface area contributed by atoms with E-state index < -0.39 is 15.9 Å². The van der Waals surface area contributed by atoms with E-state index in [2.05, 4.69) is 5.32 Å². The van der Waals surface area contributed by atoms with Crippen LogP contribution < -0.4 is 14.4 Å². The number of nitrogens with zero attached hydrogens (tertiary/aromatic N) is 1. The number of anilines is 2. The van der Waals surface area contributed by atoms with Crippen molar-refractivity contribution >= 4 is 39.1 Å². The molecule has 156 valence electrons. The lowest BCUT2D eigenvalue weighted by molar-refractivity contribution is -0.114. The van der Waals surface area contributed by atoms with Crippen LogP contribution in [0.4, 0.5) is 11.4 Å². The van der Waals surface area contributed by atoms with E-state index in [4.69, 9.17) is 4.74 Å². The quantitative estimate of drug-likeness (QED) is 0.516. The highest BCUT2D eigenvalue weighted by Crippen LogP contribution is 2.29. The number of para-hydroxylation sites is 3. The Morgan fingerprint density at radius 2 is 1.70 bits per heavy atom. The largest absolute Gasteiger partial charge is 0.455 e. The summed E-state index contributed by atoms with van der Waals surface area (Å²) in [5, 5.41) is 2.76. The van der Waals surface area contributed by atoms with E-state index in [1.807, 2.05) is 42.7 Å². The van der Waals surface area contributed by atoms with Crippen molar-refractivity contribution in [1.82, 2.24) is 0 Å². The van der Waals surface area contributed by atoms with Crippen LogP contribution >= 0.6 is 11.8 Å². The Kier molecular flexibility index (Phi) is 7.02. The molecule has 0 atom stereocenters. The summed E-state index contributed by atoms with van der Waals surface area (Å²) in [5.74, 6) is 0.622. The fourth-order valence-corrected chi connectivity index (χ4v) is 4.06. The maximum absolute atomic E-state index is 12.7. The Morgan fingerprint density at radius 1 is 1.00 bits per heavy atom. The van der Waals surface area contributed by atoms with Crippen molar-refractivity contribution in [3.8, 4) is 11.5 Å². The fraction of sp³-hybridized carbons (Fsp3) is 0.136. The van der Waals surface area contributed by atoms with Crippen molar-refractivity contribution in [1.29, 1.82) is 0 Å². The molecule has 30 heavy (non-hydrogen) atoms. The van der Waals surface area contributed by atoms with E-state index in [9.17, 15) is 13.2 Å². The van der Waals surface area contributed by atoms with E-state index in [0.717, 1.165) is 15.5 Å². The first-order valence-electron chi connectivity index (χ1n) is 9.10. The SMILES string of the molecule is CSc1cccc(N(CC(=O)Nc2ccccc2Oc2ccccc2)S(C)(=O)=O)c1. The standard InChI is InChI=1S/C22H22N2O4S2/c1-29-19-12-8-9-17(15-19)24(30(2,26)27)16-22(25)23-20-13-6-7-14-21(20)28-18-10-4-3-5-11-18/h3-15H,16H2,1-2H3,(H,23,25). The van der Waals surface area contributed by atoms with Gasteiger partial charge in [0.05, 0.1) is 17.6 Å². The number of rotatable bonds is 8. The summed E-state index contributed by atoms with van der Waals surface area (Å²) in [6.07, 6.45) is 2.98. The van der Waals surface area contributed by atoms with Gasteiger partial charge in [-0.1, -0.05) is 36.4 Å². The Hall–Kier alpha value is -2.97. The normalized spacial score (nSPS) is 11.0. The molecule has 0 bridgehead atoms. The van der Waals surface area contributed by atoms with Gasteiger partial charge in [0.15, 0.2) is 5.75 Å². The van der Waals surface area contributed by atoms with E-state index in [1.165, 1.54) is 11.8 Å². The topological polar surface area (TPSA) is 75.7 Å². The molecular formula is C22H22N2O4S2. The van der Waals surface area contributed by atoms with E-state index >= 15 is 0 Å². The molecule has 6 nitrogen and oxygen atoms in total. The third-order valence-corrected chi connectivity index (χ3v) is 6.03. The second-order valence-corrected chi connectivity index (χ2v) is 9.22. The molecule has 0 unspecified atom stereocenters. The summed E-state index contributed by atoms with van der Waals surface area (Å²) in [7, 11) is -3.66. The van der Waals surface area contributed by atoms with Crippen molar-refractivity contribution in [3.05, 3.63) is 78.9 Å². The maximum Gasteiger partial charge on any atom is 0.245 e. The first kappa shape index (κ1) is 21.7. The number of ether oxygens (including phenoxy) is 1. The molecular weight excluding hydrogens is 420 g/mol. The van der Waals surface area contributed by atoms with Gasteiger partial charge >= 0.3 is 0 Å². The number of sulfonamides is 1. The van der Waals surface area contributed by atoms with Gasteiger partial charge in [0.2, 0.25) is 15.9 Å². The molecule has 0 saturated heterocycles. The minimum atomic E-state index is -3.66. The second kappa shape index (κ2) is 9.69. The molecule has 3 rings (SSSR count). The van der Waals surface area contributed by atoms with Gasteiger partial charge in [-0.2, -0.15) is 0 Å². The molecule has 0 fully saturated rings. The highest BCUT2D eigenvalue weighted by molar-refractivity contribution is 7.98. The zero-order valence-electron chi connectivity index (χ0n) is 16.6. The number of benzene rings is 3. The van der Waals surface area contributed by atoms with Crippen LogP contribution in [0.5, 0.6) is 11.5 Å². The predicted molar refractivity (Wildman–Crippen MR) is 122 cm³/mol. The average molecular weight is 443 g/mol.